The highest BCUT2D eigenvalue weighted by Crippen LogP contribution is 2.24. The first kappa shape index (κ1) is 14.5. The van der Waals surface area contributed by atoms with Crippen LogP contribution in [0.25, 0.3) is 11.9 Å². The molecule has 2 fully saturated rings. The molecule has 5 rings (SSSR count). The van der Waals surface area contributed by atoms with Gasteiger partial charge in [0.1, 0.15) is 0 Å². The van der Waals surface area contributed by atoms with Crippen LogP contribution in [-0.2, 0) is 4.74 Å². The molecule has 0 radical (unpaired) electrons. The van der Waals surface area contributed by atoms with E-state index < -0.39 is 0 Å². The summed E-state index contributed by atoms with van der Waals surface area (Å²) in [6.45, 7) is 3.92. The number of rotatable bonds is 3. The first-order valence-electron chi connectivity index (χ1n) is 8.15. The molecule has 5 heterocycles. The number of nitrogens with one attached hydrogen (secondary N) is 1. The topological polar surface area (TPSA) is 98.8 Å². The fraction of sp³-hybridized carbons (Fsp3) is 0.400. The molecule has 128 valence electrons. The Labute approximate surface area is 143 Å². The average molecular weight is 339 g/mol. The Morgan fingerprint density at radius 2 is 1.56 bits per heavy atom. The summed E-state index contributed by atoms with van der Waals surface area (Å²) in [7, 11) is 0. The molecule has 2 aliphatic heterocycles. The largest absolute Gasteiger partial charge is 0.377 e. The first-order chi connectivity index (χ1) is 12.3. The molecule has 1 spiro atoms. The first-order valence-corrected chi connectivity index (χ1v) is 8.15. The van der Waals surface area contributed by atoms with E-state index in [1.165, 1.54) is 0 Å². The van der Waals surface area contributed by atoms with Crippen LogP contribution >= 0.6 is 0 Å². The lowest BCUT2D eigenvalue weighted by Gasteiger charge is -2.48. The Kier molecular flexibility index (Phi) is 3.25. The highest BCUT2D eigenvalue weighted by atomic mass is 16.5. The van der Waals surface area contributed by atoms with Gasteiger partial charge >= 0.3 is 0 Å². The van der Waals surface area contributed by atoms with Crippen LogP contribution in [0.5, 0.6) is 0 Å². The molecule has 0 aromatic carbocycles. The predicted octanol–water partition coefficient (Wildman–Crippen LogP) is -0.578. The van der Waals surface area contributed by atoms with Crippen LogP contribution in [0, 0.1) is 0 Å². The van der Waals surface area contributed by atoms with E-state index in [1.807, 2.05) is 24.5 Å². The number of aromatic nitrogens is 7. The van der Waals surface area contributed by atoms with Gasteiger partial charge in [-0.05, 0) is 12.1 Å². The fourth-order valence-electron chi connectivity index (χ4n) is 3.13. The number of piperazine rings is 1. The zero-order valence-electron chi connectivity index (χ0n) is 13.5. The van der Waals surface area contributed by atoms with Crippen molar-refractivity contribution in [1.82, 2.24) is 39.8 Å². The Hall–Kier alpha value is -2.85. The maximum atomic E-state index is 5.39. The molecular formula is C15H17N9O. The van der Waals surface area contributed by atoms with Gasteiger partial charge in [0.05, 0.1) is 18.8 Å². The summed E-state index contributed by atoms with van der Waals surface area (Å²) in [6.07, 6.45) is 7.01. The molecule has 3 aromatic rings. The Morgan fingerprint density at radius 1 is 0.920 bits per heavy atom. The van der Waals surface area contributed by atoms with Crippen molar-refractivity contribution in [1.29, 1.82) is 0 Å². The van der Waals surface area contributed by atoms with Gasteiger partial charge in [0.2, 0.25) is 5.95 Å². The number of ether oxygens (including phenoxy) is 1. The van der Waals surface area contributed by atoms with Crippen molar-refractivity contribution in [2.45, 2.75) is 5.54 Å². The van der Waals surface area contributed by atoms with Gasteiger partial charge in [0.15, 0.2) is 0 Å². The van der Waals surface area contributed by atoms with Gasteiger partial charge < -0.3 is 15.0 Å². The van der Waals surface area contributed by atoms with E-state index in [4.69, 9.17) is 4.74 Å². The van der Waals surface area contributed by atoms with E-state index in [0.29, 0.717) is 31.1 Å². The lowest BCUT2D eigenvalue weighted by molar-refractivity contribution is -0.0744. The highest BCUT2D eigenvalue weighted by molar-refractivity contribution is 5.38. The molecule has 2 saturated heterocycles. The van der Waals surface area contributed by atoms with Gasteiger partial charge in [0.25, 0.3) is 11.9 Å². The quantitative estimate of drug-likeness (QED) is 0.677. The minimum Gasteiger partial charge on any atom is -0.377 e. The summed E-state index contributed by atoms with van der Waals surface area (Å²) in [5.41, 5.74) is 0.00259. The van der Waals surface area contributed by atoms with Crippen LogP contribution in [-0.4, -0.2) is 72.9 Å². The molecule has 0 atom stereocenters. The third-order valence-corrected chi connectivity index (χ3v) is 4.43. The van der Waals surface area contributed by atoms with Crippen LogP contribution < -0.4 is 10.2 Å². The fourth-order valence-corrected chi connectivity index (χ4v) is 3.13. The molecule has 0 aliphatic carbocycles. The second-order valence-electron chi connectivity index (χ2n) is 6.26. The molecule has 10 heteroatoms. The van der Waals surface area contributed by atoms with Crippen LogP contribution in [0.1, 0.15) is 0 Å². The summed E-state index contributed by atoms with van der Waals surface area (Å²) < 4.78 is 8.65. The normalized spacial score (nSPS) is 19.1. The minimum absolute atomic E-state index is 0.00259. The molecule has 0 amide bonds. The molecule has 10 nitrogen and oxygen atoms in total. The second kappa shape index (κ2) is 5.60. The number of hydrogen-bond acceptors (Lipinski definition) is 8. The predicted molar refractivity (Wildman–Crippen MR) is 87.8 cm³/mol. The molecule has 3 aromatic heterocycles. The number of hydrogen-bond donors (Lipinski definition) is 1. The van der Waals surface area contributed by atoms with Crippen LogP contribution in [0.2, 0.25) is 0 Å². The van der Waals surface area contributed by atoms with E-state index in [-0.39, 0.29) is 5.54 Å². The van der Waals surface area contributed by atoms with Crippen molar-refractivity contribution >= 4 is 5.95 Å². The molecule has 0 saturated carbocycles. The smallest absolute Gasteiger partial charge is 0.257 e. The lowest BCUT2D eigenvalue weighted by Crippen LogP contribution is -2.70. The van der Waals surface area contributed by atoms with Crippen molar-refractivity contribution in [3.8, 4) is 11.9 Å². The van der Waals surface area contributed by atoms with E-state index >= 15 is 0 Å². The summed E-state index contributed by atoms with van der Waals surface area (Å²) in [5.74, 6) is 1.56. The zero-order chi connectivity index (χ0) is 16.7. The third-order valence-electron chi connectivity index (χ3n) is 4.43. The van der Waals surface area contributed by atoms with Gasteiger partial charge in [-0.1, -0.05) is 0 Å². The maximum absolute atomic E-state index is 5.39. The average Bonchev–Trinajstić information content (AvgIpc) is 3.34. The van der Waals surface area contributed by atoms with Gasteiger partial charge in [-0.2, -0.15) is 25.1 Å². The molecular weight excluding hydrogens is 322 g/mol. The Balaban J connectivity index is 1.56. The Bertz CT molecular complexity index is 805. The third kappa shape index (κ3) is 2.55. The zero-order valence-corrected chi connectivity index (χ0v) is 13.5. The lowest BCUT2D eigenvalue weighted by atomic mass is 9.95. The second-order valence-corrected chi connectivity index (χ2v) is 6.26. The van der Waals surface area contributed by atoms with E-state index in [1.54, 1.807) is 21.8 Å². The summed E-state index contributed by atoms with van der Waals surface area (Å²) in [6, 6.07) is 3.67. The monoisotopic (exact) mass is 339 g/mol. The van der Waals surface area contributed by atoms with Crippen molar-refractivity contribution in [3.05, 3.63) is 36.9 Å². The van der Waals surface area contributed by atoms with Crippen LogP contribution in [0.4, 0.5) is 5.95 Å². The summed E-state index contributed by atoms with van der Waals surface area (Å²) in [5, 5.41) is 12.0. The van der Waals surface area contributed by atoms with E-state index in [0.717, 1.165) is 19.6 Å². The van der Waals surface area contributed by atoms with Gasteiger partial charge in [-0.25, -0.2) is 9.36 Å². The van der Waals surface area contributed by atoms with Crippen molar-refractivity contribution < 1.29 is 4.74 Å². The summed E-state index contributed by atoms with van der Waals surface area (Å²) in [4.78, 5) is 15.9. The molecule has 25 heavy (non-hydrogen) atoms. The van der Waals surface area contributed by atoms with E-state index in [2.05, 4.69) is 35.4 Å². The SMILES string of the molecule is c1cnn(-c2nc(N3CCNC4(COC4)C3)nc(-n3cccn3)n2)c1. The van der Waals surface area contributed by atoms with Crippen molar-refractivity contribution in [2.75, 3.05) is 37.7 Å². The van der Waals surface area contributed by atoms with Gasteiger partial charge in [-0.15, -0.1) is 0 Å². The molecule has 2 aliphatic rings. The molecule has 1 N–H and O–H groups in total. The minimum atomic E-state index is 0.00259. The van der Waals surface area contributed by atoms with E-state index in [9.17, 15) is 0 Å². The number of anilines is 1. The van der Waals surface area contributed by atoms with Gasteiger partial charge in [0, 0.05) is 44.4 Å². The van der Waals surface area contributed by atoms with Crippen LogP contribution in [0.15, 0.2) is 36.9 Å². The van der Waals surface area contributed by atoms with Gasteiger partial charge in [-0.3, -0.25) is 0 Å². The Morgan fingerprint density at radius 3 is 2.08 bits per heavy atom. The highest BCUT2D eigenvalue weighted by Gasteiger charge is 2.42. The standard InChI is InChI=1S/C15H17N9O/c1-3-17-23(6-1)13-19-12(20-14(21-13)24-7-2-4-18-24)22-8-5-16-15(9-22)10-25-11-15/h1-4,6-7,16H,5,8-11H2. The van der Waals surface area contributed by atoms with Crippen molar-refractivity contribution in [3.63, 3.8) is 0 Å². The summed E-state index contributed by atoms with van der Waals surface area (Å²) >= 11 is 0. The molecule has 0 unspecified atom stereocenters. The van der Waals surface area contributed by atoms with Crippen LogP contribution in [0.3, 0.4) is 0 Å². The number of nitrogens with zero attached hydrogens (tertiary/aromatic N) is 8. The maximum Gasteiger partial charge on any atom is 0.257 e. The van der Waals surface area contributed by atoms with Crippen molar-refractivity contribution in [2.24, 2.45) is 0 Å². The molecule has 0 bridgehead atoms.